The quantitative estimate of drug-likeness (QED) is 0.189. The predicted molar refractivity (Wildman–Crippen MR) is 158 cm³/mol. The number of methoxy groups -OCH3 is 1. The molecule has 2 aromatic carbocycles. The SMILES string of the molecule is COC(=O)c1ccc(-c2ccc([C@@H]3[C@@H](c4ccccn4)NC(=S)N3c3ccc(NC(=O)C(C)C)c(Cl)c3)o2)cc1. The average molecular weight is 575 g/mol. The Kier molecular flexibility index (Phi) is 7.86. The molecule has 40 heavy (non-hydrogen) atoms. The summed E-state index contributed by atoms with van der Waals surface area (Å²) in [6.07, 6.45) is 1.74. The maximum Gasteiger partial charge on any atom is 0.337 e. The highest BCUT2D eigenvalue weighted by atomic mass is 35.5. The topological polar surface area (TPSA) is 96.7 Å². The number of nitrogens with one attached hydrogen (secondary N) is 2. The number of rotatable bonds is 7. The number of thiocarbonyl (C=S) groups is 1. The van der Waals surface area contributed by atoms with Gasteiger partial charge in [0, 0.05) is 23.4 Å². The molecule has 1 amide bonds. The molecule has 8 nitrogen and oxygen atoms in total. The van der Waals surface area contributed by atoms with Crippen LogP contribution in [0.3, 0.4) is 0 Å². The molecule has 4 aromatic rings. The molecule has 204 valence electrons. The van der Waals surface area contributed by atoms with Gasteiger partial charge in [0.2, 0.25) is 5.91 Å². The number of hydrogen-bond donors (Lipinski definition) is 2. The molecule has 5 rings (SSSR count). The first-order valence-electron chi connectivity index (χ1n) is 12.7. The zero-order chi connectivity index (χ0) is 28.4. The number of hydrogen-bond acceptors (Lipinski definition) is 6. The molecule has 0 spiro atoms. The number of halogens is 1. The van der Waals surface area contributed by atoms with Gasteiger partial charge in [0.1, 0.15) is 17.6 Å². The first-order chi connectivity index (χ1) is 19.3. The minimum Gasteiger partial charge on any atom is -0.465 e. The van der Waals surface area contributed by atoms with E-state index in [1.54, 1.807) is 30.5 Å². The number of carbonyl (C=O) groups excluding carboxylic acids is 2. The summed E-state index contributed by atoms with van der Waals surface area (Å²) >= 11 is 12.4. The Morgan fingerprint density at radius 3 is 2.52 bits per heavy atom. The zero-order valence-electron chi connectivity index (χ0n) is 22.1. The second-order valence-corrected chi connectivity index (χ2v) is 10.4. The van der Waals surface area contributed by atoms with E-state index in [9.17, 15) is 9.59 Å². The van der Waals surface area contributed by atoms with E-state index >= 15 is 0 Å². The number of anilines is 2. The van der Waals surface area contributed by atoms with Gasteiger partial charge < -0.3 is 24.7 Å². The molecule has 2 atom stereocenters. The summed E-state index contributed by atoms with van der Waals surface area (Å²) in [5.74, 6) is 0.583. The number of aromatic nitrogens is 1. The number of ether oxygens (including phenoxy) is 1. The molecule has 3 heterocycles. The second-order valence-electron chi connectivity index (χ2n) is 9.58. The third-order valence-electron chi connectivity index (χ3n) is 6.62. The first-order valence-corrected chi connectivity index (χ1v) is 13.4. The van der Waals surface area contributed by atoms with Crippen LogP contribution in [0.15, 0.2) is 83.4 Å². The lowest BCUT2D eigenvalue weighted by molar-refractivity contribution is -0.118. The van der Waals surface area contributed by atoms with Crippen LogP contribution >= 0.6 is 23.8 Å². The first kappa shape index (κ1) is 27.4. The Balaban J connectivity index is 1.52. The molecule has 0 unspecified atom stereocenters. The van der Waals surface area contributed by atoms with Crippen LogP contribution in [0.1, 0.15) is 47.7 Å². The van der Waals surface area contributed by atoms with E-state index < -0.39 is 12.0 Å². The van der Waals surface area contributed by atoms with Gasteiger partial charge in [-0.2, -0.15) is 0 Å². The Labute approximate surface area is 242 Å². The molecule has 10 heteroatoms. The van der Waals surface area contributed by atoms with Crippen molar-refractivity contribution < 1.29 is 18.7 Å². The number of esters is 1. The predicted octanol–water partition coefficient (Wildman–Crippen LogP) is 6.55. The third-order valence-corrected chi connectivity index (χ3v) is 7.25. The van der Waals surface area contributed by atoms with Gasteiger partial charge in [-0.25, -0.2) is 4.79 Å². The van der Waals surface area contributed by atoms with Crippen LogP contribution in [-0.4, -0.2) is 29.1 Å². The van der Waals surface area contributed by atoms with Crippen molar-refractivity contribution in [1.82, 2.24) is 10.3 Å². The van der Waals surface area contributed by atoms with Gasteiger partial charge in [-0.1, -0.05) is 43.6 Å². The van der Waals surface area contributed by atoms with Crippen molar-refractivity contribution >= 4 is 52.2 Å². The van der Waals surface area contributed by atoms with E-state index in [0.717, 1.165) is 16.9 Å². The van der Waals surface area contributed by atoms with Gasteiger partial charge in [-0.3, -0.25) is 9.78 Å². The lowest BCUT2D eigenvalue weighted by atomic mass is 10.0. The minimum absolute atomic E-state index is 0.121. The largest absolute Gasteiger partial charge is 0.465 e. The second kappa shape index (κ2) is 11.5. The number of amides is 1. The maximum absolute atomic E-state index is 12.2. The highest BCUT2D eigenvalue weighted by Gasteiger charge is 2.42. The van der Waals surface area contributed by atoms with Crippen molar-refractivity contribution in [3.8, 4) is 11.3 Å². The molecule has 1 aliphatic heterocycles. The van der Waals surface area contributed by atoms with E-state index in [4.69, 9.17) is 33.0 Å². The van der Waals surface area contributed by atoms with E-state index in [0.29, 0.717) is 32.9 Å². The lowest BCUT2D eigenvalue weighted by Crippen LogP contribution is -2.29. The van der Waals surface area contributed by atoms with Crippen molar-refractivity contribution in [3.63, 3.8) is 0 Å². The van der Waals surface area contributed by atoms with E-state index in [2.05, 4.69) is 15.6 Å². The van der Waals surface area contributed by atoms with Crippen molar-refractivity contribution in [2.45, 2.75) is 25.9 Å². The highest BCUT2D eigenvalue weighted by molar-refractivity contribution is 7.80. The van der Waals surface area contributed by atoms with Crippen LogP contribution in [-0.2, 0) is 9.53 Å². The van der Waals surface area contributed by atoms with Crippen molar-refractivity contribution in [2.75, 3.05) is 17.3 Å². The van der Waals surface area contributed by atoms with Crippen LogP contribution in [0.4, 0.5) is 11.4 Å². The highest BCUT2D eigenvalue weighted by Crippen LogP contribution is 2.44. The number of benzene rings is 2. The fourth-order valence-corrected chi connectivity index (χ4v) is 5.08. The minimum atomic E-state index is -0.403. The van der Waals surface area contributed by atoms with Gasteiger partial charge in [0.25, 0.3) is 0 Å². The monoisotopic (exact) mass is 574 g/mol. The molecule has 1 fully saturated rings. The molecule has 2 N–H and O–H groups in total. The molecule has 0 aliphatic carbocycles. The van der Waals surface area contributed by atoms with Crippen molar-refractivity contribution in [2.24, 2.45) is 5.92 Å². The smallest absolute Gasteiger partial charge is 0.337 e. The fraction of sp³-hybridized carbons (Fsp3) is 0.200. The van der Waals surface area contributed by atoms with E-state index in [1.807, 2.05) is 67.3 Å². The van der Waals surface area contributed by atoms with Crippen LogP contribution in [0, 0.1) is 5.92 Å². The Hall–Kier alpha value is -4.21. The van der Waals surface area contributed by atoms with E-state index in [1.165, 1.54) is 7.11 Å². The summed E-state index contributed by atoms with van der Waals surface area (Å²) < 4.78 is 11.2. The van der Waals surface area contributed by atoms with E-state index in [-0.39, 0.29) is 17.9 Å². The number of nitrogens with zero attached hydrogens (tertiary/aromatic N) is 2. The van der Waals surface area contributed by atoms with Crippen molar-refractivity contribution in [1.29, 1.82) is 0 Å². The zero-order valence-corrected chi connectivity index (χ0v) is 23.6. The molecule has 0 saturated carbocycles. The third kappa shape index (κ3) is 5.43. The summed E-state index contributed by atoms with van der Waals surface area (Å²) in [5.41, 5.74) is 3.31. The molecule has 2 aromatic heterocycles. The summed E-state index contributed by atoms with van der Waals surface area (Å²) in [7, 11) is 1.35. The molecular formula is C30H27ClN4O4S. The van der Waals surface area contributed by atoms with Gasteiger partial charge >= 0.3 is 5.97 Å². The maximum atomic E-state index is 12.2. The molecule has 1 aliphatic rings. The number of pyridine rings is 1. The lowest BCUT2D eigenvalue weighted by Gasteiger charge is -2.26. The number of carbonyl (C=O) groups is 2. The summed E-state index contributed by atoms with van der Waals surface area (Å²) in [6.45, 7) is 3.64. The van der Waals surface area contributed by atoms with Crippen LogP contribution in [0.5, 0.6) is 0 Å². The van der Waals surface area contributed by atoms with Crippen LogP contribution < -0.4 is 15.5 Å². The standard InChI is InChI=1S/C30H27ClN4O4S/c1-17(2)28(36)33-22-12-11-20(16-21(22)31)35-27(26(34-30(35)40)23-6-4-5-15-32-23)25-14-13-24(39-25)18-7-9-19(10-8-18)29(37)38-3/h4-17,26-27H,1-3H3,(H,33,36)(H,34,40)/t26-,27-/m1/s1. The Morgan fingerprint density at radius 1 is 1.10 bits per heavy atom. The van der Waals surface area contributed by atoms with Crippen LogP contribution in [0.25, 0.3) is 11.3 Å². The Morgan fingerprint density at radius 2 is 1.88 bits per heavy atom. The average Bonchev–Trinajstić information content (AvgIpc) is 3.59. The summed E-state index contributed by atoms with van der Waals surface area (Å²) in [4.78, 5) is 30.6. The Bertz CT molecular complexity index is 1560. The molecular weight excluding hydrogens is 548 g/mol. The molecule has 0 radical (unpaired) electrons. The van der Waals surface area contributed by atoms with Gasteiger partial charge in [0.05, 0.1) is 35.1 Å². The number of furan rings is 1. The fourth-order valence-electron chi connectivity index (χ4n) is 4.51. The summed E-state index contributed by atoms with van der Waals surface area (Å²) in [5, 5.41) is 7.12. The summed E-state index contributed by atoms with van der Waals surface area (Å²) in [6, 6.07) is 21.2. The normalized spacial score (nSPS) is 16.6. The van der Waals surface area contributed by atoms with Crippen LogP contribution in [0.2, 0.25) is 5.02 Å². The van der Waals surface area contributed by atoms with Gasteiger partial charge in [0.15, 0.2) is 5.11 Å². The van der Waals surface area contributed by atoms with Gasteiger partial charge in [-0.05, 0) is 66.8 Å². The van der Waals surface area contributed by atoms with Gasteiger partial charge in [-0.15, -0.1) is 0 Å². The molecule has 0 bridgehead atoms. The molecule has 1 saturated heterocycles. The van der Waals surface area contributed by atoms with Crippen molar-refractivity contribution in [3.05, 3.63) is 101 Å².